The number of piperidine rings is 1. The van der Waals surface area contributed by atoms with E-state index in [0.29, 0.717) is 16.4 Å². The average molecular weight is 304 g/mol. The van der Waals surface area contributed by atoms with Crippen LogP contribution in [0, 0.1) is 19.8 Å². The normalized spacial score (nSPS) is 25.7. The molecular formula is C12H20N2O3S2. The van der Waals surface area contributed by atoms with Gasteiger partial charge in [0.05, 0.1) is 23.4 Å². The Balaban J connectivity index is 2.40. The summed E-state index contributed by atoms with van der Waals surface area (Å²) in [6.45, 7) is 5.87. The quantitative estimate of drug-likeness (QED) is 0.919. The van der Waals surface area contributed by atoms with Crippen molar-refractivity contribution in [3.63, 3.8) is 0 Å². The molecule has 2 atom stereocenters. The van der Waals surface area contributed by atoms with Gasteiger partial charge in [0.1, 0.15) is 0 Å². The molecule has 0 radical (unpaired) electrons. The van der Waals surface area contributed by atoms with Crippen molar-refractivity contribution < 1.29 is 13.5 Å². The highest BCUT2D eigenvalue weighted by Gasteiger charge is 2.38. The van der Waals surface area contributed by atoms with Crippen LogP contribution in [0.4, 0.5) is 0 Å². The number of hydrogen-bond donors (Lipinski definition) is 1. The van der Waals surface area contributed by atoms with Gasteiger partial charge in [-0.15, -0.1) is 11.3 Å². The van der Waals surface area contributed by atoms with Gasteiger partial charge in [0.15, 0.2) is 4.21 Å². The minimum atomic E-state index is -3.54. The Hall–Kier alpha value is -0.500. The fourth-order valence-electron chi connectivity index (χ4n) is 2.64. The highest BCUT2D eigenvalue weighted by molar-refractivity contribution is 7.91. The molecule has 1 fully saturated rings. The monoisotopic (exact) mass is 304 g/mol. The number of nitrogens with zero attached hydrogens (tertiary/aromatic N) is 2. The molecule has 0 amide bonds. The maximum Gasteiger partial charge on any atom is 0.254 e. The van der Waals surface area contributed by atoms with Gasteiger partial charge in [-0.3, -0.25) is 0 Å². The lowest BCUT2D eigenvalue weighted by atomic mass is 9.93. The van der Waals surface area contributed by atoms with Crippen molar-refractivity contribution in [2.45, 2.75) is 43.9 Å². The molecule has 1 aromatic heterocycles. The Labute approximate surface area is 118 Å². The van der Waals surface area contributed by atoms with Gasteiger partial charge in [-0.25, -0.2) is 13.4 Å². The van der Waals surface area contributed by atoms with Gasteiger partial charge in [0, 0.05) is 6.54 Å². The molecular weight excluding hydrogens is 284 g/mol. The number of aliphatic hydroxyl groups is 1. The zero-order chi connectivity index (χ0) is 14.2. The number of aryl methyl sites for hydroxylation is 2. The van der Waals surface area contributed by atoms with Gasteiger partial charge in [-0.1, -0.05) is 6.92 Å². The summed E-state index contributed by atoms with van der Waals surface area (Å²) in [4.78, 5) is 4.19. The van der Waals surface area contributed by atoms with Crippen molar-refractivity contribution in [3.8, 4) is 0 Å². The molecule has 0 aliphatic carbocycles. The van der Waals surface area contributed by atoms with E-state index >= 15 is 0 Å². The second-order valence-corrected chi connectivity index (χ2v) is 8.38. The Kier molecular flexibility index (Phi) is 4.29. The molecule has 108 valence electrons. The highest BCUT2D eigenvalue weighted by atomic mass is 32.2. The molecule has 0 aromatic carbocycles. The van der Waals surface area contributed by atoms with Gasteiger partial charge in [-0.05, 0) is 32.6 Å². The van der Waals surface area contributed by atoms with Crippen LogP contribution in [-0.4, -0.2) is 42.0 Å². The molecule has 7 heteroatoms. The van der Waals surface area contributed by atoms with E-state index in [1.54, 1.807) is 13.8 Å². The van der Waals surface area contributed by atoms with Crippen LogP contribution in [0.3, 0.4) is 0 Å². The van der Waals surface area contributed by atoms with E-state index in [1.807, 2.05) is 6.92 Å². The molecule has 0 spiro atoms. The fourth-order valence-corrected chi connectivity index (χ4v) is 5.99. The summed E-state index contributed by atoms with van der Waals surface area (Å²) in [5.74, 6) is 0.183. The summed E-state index contributed by atoms with van der Waals surface area (Å²) >= 11 is 1.21. The largest absolute Gasteiger partial charge is 0.395 e. The molecule has 19 heavy (non-hydrogen) atoms. The summed E-state index contributed by atoms with van der Waals surface area (Å²) in [7, 11) is -3.54. The molecule has 0 saturated carbocycles. The van der Waals surface area contributed by atoms with Gasteiger partial charge in [0.2, 0.25) is 0 Å². The number of hydrogen-bond acceptors (Lipinski definition) is 5. The van der Waals surface area contributed by atoms with E-state index in [9.17, 15) is 13.5 Å². The number of sulfonamides is 1. The lowest BCUT2D eigenvalue weighted by Gasteiger charge is -2.37. The van der Waals surface area contributed by atoms with Gasteiger partial charge in [0.25, 0.3) is 10.0 Å². The first-order valence-corrected chi connectivity index (χ1v) is 8.70. The number of aromatic nitrogens is 1. The molecule has 1 aliphatic heterocycles. The van der Waals surface area contributed by atoms with E-state index < -0.39 is 10.0 Å². The second-order valence-electron chi connectivity index (χ2n) is 5.09. The van der Waals surface area contributed by atoms with E-state index in [-0.39, 0.29) is 18.6 Å². The van der Waals surface area contributed by atoms with Gasteiger partial charge in [-0.2, -0.15) is 4.31 Å². The van der Waals surface area contributed by atoms with Crippen LogP contribution < -0.4 is 0 Å². The molecule has 2 heterocycles. The zero-order valence-corrected chi connectivity index (χ0v) is 13.1. The summed E-state index contributed by atoms with van der Waals surface area (Å²) in [6.07, 6.45) is 1.80. The summed E-state index contributed by atoms with van der Waals surface area (Å²) < 4.78 is 27.2. The Morgan fingerprint density at radius 1 is 1.47 bits per heavy atom. The third-order valence-corrected chi connectivity index (χ3v) is 7.24. The second kappa shape index (κ2) is 5.47. The maximum atomic E-state index is 12.7. The van der Waals surface area contributed by atoms with Crippen LogP contribution in [0.15, 0.2) is 4.21 Å². The van der Waals surface area contributed by atoms with E-state index in [1.165, 1.54) is 15.6 Å². The van der Waals surface area contributed by atoms with Crippen LogP contribution in [0.2, 0.25) is 0 Å². The van der Waals surface area contributed by atoms with Crippen LogP contribution in [-0.2, 0) is 10.0 Å². The van der Waals surface area contributed by atoms with E-state index in [4.69, 9.17) is 0 Å². The van der Waals surface area contributed by atoms with Crippen molar-refractivity contribution in [3.05, 3.63) is 10.7 Å². The summed E-state index contributed by atoms with van der Waals surface area (Å²) in [5.41, 5.74) is 0.553. The highest BCUT2D eigenvalue weighted by Crippen LogP contribution is 2.32. The lowest BCUT2D eigenvalue weighted by molar-refractivity contribution is 0.113. The Bertz CT molecular complexity index is 553. The van der Waals surface area contributed by atoms with Crippen molar-refractivity contribution in [2.24, 2.45) is 5.92 Å². The molecule has 2 unspecified atom stereocenters. The third-order valence-electron chi connectivity index (χ3n) is 3.66. The van der Waals surface area contributed by atoms with Crippen LogP contribution in [0.25, 0.3) is 0 Å². The first-order valence-electron chi connectivity index (χ1n) is 6.44. The van der Waals surface area contributed by atoms with Crippen LogP contribution in [0.5, 0.6) is 0 Å². The standard InChI is InChI=1S/C12H20N2O3S2/c1-8-5-4-6-14(11(8)7-15)19(16,17)12-9(2)13-10(3)18-12/h8,11,15H,4-7H2,1-3H3. The smallest absolute Gasteiger partial charge is 0.254 e. The molecule has 1 aliphatic rings. The first-order chi connectivity index (χ1) is 8.87. The average Bonchev–Trinajstić information content (AvgIpc) is 2.68. The van der Waals surface area contributed by atoms with Crippen molar-refractivity contribution in [2.75, 3.05) is 13.2 Å². The zero-order valence-electron chi connectivity index (χ0n) is 11.5. The number of rotatable bonds is 3. The number of thiazole rings is 1. The van der Waals surface area contributed by atoms with E-state index in [0.717, 1.165) is 17.8 Å². The van der Waals surface area contributed by atoms with Crippen molar-refractivity contribution >= 4 is 21.4 Å². The minimum Gasteiger partial charge on any atom is -0.395 e. The number of aliphatic hydroxyl groups excluding tert-OH is 1. The fraction of sp³-hybridized carbons (Fsp3) is 0.750. The Morgan fingerprint density at radius 2 is 2.16 bits per heavy atom. The van der Waals surface area contributed by atoms with Gasteiger partial charge >= 0.3 is 0 Å². The first kappa shape index (κ1) is 14.9. The SMILES string of the molecule is Cc1nc(C)c(S(=O)(=O)N2CCCC(C)C2CO)s1. The predicted molar refractivity (Wildman–Crippen MR) is 74.8 cm³/mol. The predicted octanol–water partition coefficient (Wildman–Crippen LogP) is 1.54. The topological polar surface area (TPSA) is 70.5 Å². The summed E-state index contributed by atoms with van der Waals surface area (Å²) in [6, 6.07) is -0.319. The molecule has 1 aromatic rings. The molecule has 0 bridgehead atoms. The molecule has 1 saturated heterocycles. The minimum absolute atomic E-state index is 0.128. The molecule has 5 nitrogen and oxygen atoms in total. The Morgan fingerprint density at radius 3 is 2.68 bits per heavy atom. The van der Waals surface area contributed by atoms with Gasteiger partial charge < -0.3 is 5.11 Å². The van der Waals surface area contributed by atoms with E-state index in [2.05, 4.69) is 4.98 Å². The maximum absolute atomic E-state index is 12.7. The molecule has 1 N–H and O–H groups in total. The lowest BCUT2D eigenvalue weighted by Crippen LogP contribution is -2.49. The van der Waals surface area contributed by atoms with Crippen molar-refractivity contribution in [1.82, 2.24) is 9.29 Å². The van der Waals surface area contributed by atoms with Crippen molar-refractivity contribution in [1.29, 1.82) is 0 Å². The third kappa shape index (κ3) is 2.69. The van der Waals surface area contributed by atoms with Crippen LogP contribution >= 0.6 is 11.3 Å². The van der Waals surface area contributed by atoms with Crippen LogP contribution in [0.1, 0.15) is 30.5 Å². The summed E-state index contributed by atoms with van der Waals surface area (Å²) in [5, 5.41) is 10.2. The molecule has 2 rings (SSSR count).